The summed E-state index contributed by atoms with van der Waals surface area (Å²) in [7, 11) is -2.79. The Morgan fingerprint density at radius 1 is 1.15 bits per heavy atom. The van der Waals surface area contributed by atoms with Crippen LogP contribution >= 0.6 is 0 Å². The van der Waals surface area contributed by atoms with Crippen molar-refractivity contribution in [1.29, 1.82) is 0 Å². The second kappa shape index (κ2) is 4.96. The van der Waals surface area contributed by atoms with Crippen LogP contribution < -0.4 is 5.73 Å². The molecule has 1 fully saturated rings. The number of unbranched alkanes of at least 4 members (excludes halogenated alkanes) is 1. The lowest BCUT2D eigenvalue weighted by Crippen LogP contribution is -2.21. The van der Waals surface area contributed by atoms with Gasteiger partial charge in [-0.05, 0) is 32.2 Å². The number of hydrogen-bond donors (Lipinski definition) is 1. The van der Waals surface area contributed by atoms with E-state index in [0.29, 0.717) is 12.3 Å². The van der Waals surface area contributed by atoms with Crippen LogP contribution in [-0.4, -0.2) is 26.0 Å². The maximum absolute atomic E-state index is 11.7. The van der Waals surface area contributed by atoms with Gasteiger partial charge >= 0.3 is 0 Å². The fourth-order valence-electron chi connectivity index (χ4n) is 1.86. The first kappa shape index (κ1) is 11.0. The first-order valence-corrected chi connectivity index (χ1v) is 6.80. The molecule has 0 heterocycles. The molecule has 0 aromatic heterocycles. The molecule has 1 aliphatic rings. The van der Waals surface area contributed by atoms with Crippen molar-refractivity contribution in [3.8, 4) is 0 Å². The zero-order valence-electron chi connectivity index (χ0n) is 8.04. The van der Waals surface area contributed by atoms with Gasteiger partial charge in [0, 0.05) is 0 Å². The summed E-state index contributed by atoms with van der Waals surface area (Å²) in [6, 6.07) is 0. The average molecular weight is 205 g/mol. The minimum absolute atomic E-state index is 0.0368. The molecule has 0 aromatic carbocycles. The van der Waals surface area contributed by atoms with Crippen molar-refractivity contribution >= 4 is 9.84 Å². The molecule has 3 nitrogen and oxygen atoms in total. The van der Waals surface area contributed by atoms with Crippen molar-refractivity contribution in [1.82, 2.24) is 0 Å². The van der Waals surface area contributed by atoms with Crippen LogP contribution in [0, 0.1) is 0 Å². The van der Waals surface area contributed by atoms with Crippen molar-refractivity contribution in [3.63, 3.8) is 0 Å². The predicted molar refractivity (Wildman–Crippen MR) is 54.3 cm³/mol. The quantitative estimate of drug-likeness (QED) is 0.683. The standard InChI is InChI=1S/C9H19NO2S/c10-7-3-4-8-13(11,12)9-5-1-2-6-9/h9H,1-8,10H2. The molecule has 0 aliphatic heterocycles. The Kier molecular flexibility index (Phi) is 4.19. The van der Waals surface area contributed by atoms with E-state index in [0.717, 1.165) is 38.5 Å². The van der Waals surface area contributed by atoms with Crippen molar-refractivity contribution in [3.05, 3.63) is 0 Å². The van der Waals surface area contributed by atoms with Gasteiger partial charge in [-0.15, -0.1) is 0 Å². The highest BCUT2D eigenvalue weighted by Crippen LogP contribution is 2.25. The van der Waals surface area contributed by atoms with Crippen LogP contribution in [0.15, 0.2) is 0 Å². The lowest BCUT2D eigenvalue weighted by atomic mass is 10.3. The van der Waals surface area contributed by atoms with Crippen LogP contribution in [0.1, 0.15) is 38.5 Å². The summed E-state index contributed by atoms with van der Waals surface area (Å²) >= 11 is 0. The van der Waals surface area contributed by atoms with Crippen LogP contribution in [0.4, 0.5) is 0 Å². The highest BCUT2D eigenvalue weighted by atomic mass is 32.2. The number of nitrogens with two attached hydrogens (primary N) is 1. The second-order valence-electron chi connectivity index (χ2n) is 3.77. The minimum Gasteiger partial charge on any atom is -0.330 e. The molecular formula is C9H19NO2S. The van der Waals surface area contributed by atoms with E-state index in [1.807, 2.05) is 0 Å². The summed E-state index contributed by atoms with van der Waals surface area (Å²) in [5, 5.41) is -0.0368. The molecule has 0 spiro atoms. The third-order valence-corrected chi connectivity index (χ3v) is 5.04. The van der Waals surface area contributed by atoms with Crippen LogP contribution in [-0.2, 0) is 9.84 Å². The Hall–Kier alpha value is -0.0900. The maximum Gasteiger partial charge on any atom is 0.153 e. The number of hydrogen-bond acceptors (Lipinski definition) is 3. The first-order chi connectivity index (χ1) is 6.17. The summed E-state index contributed by atoms with van der Waals surface area (Å²) in [5.41, 5.74) is 5.32. The second-order valence-corrected chi connectivity index (χ2v) is 6.17. The van der Waals surface area contributed by atoms with Gasteiger partial charge in [0.05, 0.1) is 11.0 Å². The van der Waals surface area contributed by atoms with E-state index >= 15 is 0 Å². The lowest BCUT2D eigenvalue weighted by Gasteiger charge is -2.09. The van der Waals surface area contributed by atoms with Crippen LogP contribution in [0.3, 0.4) is 0 Å². The summed E-state index contributed by atoms with van der Waals surface area (Å²) in [6.07, 6.45) is 5.48. The largest absolute Gasteiger partial charge is 0.330 e. The van der Waals surface area contributed by atoms with Gasteiger partial charge in [0.2, 0.25) is 0 Å². The Bertz CT molecular complexity index is 230. The zero-order chi connectivity index (χ0) is 9.73. The summed E-state index contributed by atoms with van der Waals surface area (Å²) in [6.45, 7) is 0.597. The number of rotatable bonds is 5. The maximum atomic E-state index is 11.7. The zero-order valence-corrected chi connectivity index (χ0v) is 8.85. The summed E-state index contributed by atoms with van der Waals surface area (Å²) < 4.78 is 23.3. The normalized spacial score (nSPS) is 19.5. The highest BCUT2D eigenvalue weighted by Gasteiger charge is 2.27. The summed E-state index contributed by atoms with van der Waals surface area (Å²) in [4.78, 5) is 0. The fourth-order valence-corrected chi connectivity index (χ4v) is 3.85. The van der Waals surface area contributed by atoms with E-state index < -0.39 is 9.84 Å². The lowest BCUT2D eigenvalue weighted by molar-refractivity contribution is 0.575. The molecule has 0 aromatic rings. The Morgan fingerprint density at radius 2 is 1.77 bits per heavy atom. The molecule has 1 rings (SSSR count). The molecule has 0 radical (unpaired) electrons. The SMILES string of the molecule is NCCCCS(=O)(=O)C1CCCC1. The monoisotopic (exact) mass is 205 g/mol. The van der Waals surface area contributed by atoms with Gasteiger partial charge in [0.1, 0.15) is 0 Å². The van der Waals surface area contributed by atoms with Gasteiger partial charge < -0.3 is 5.73 Å². The van der Waals surface area contributed by atoms with Gasteiger partial charge in [0.25, 0.3) is 0 Å². The Labute approximate surface area is 80.6 Å². The minimum atomic E-state index is -2.79. The van der Waals surface area contributed by atoms with Crippen molar-refractivity contribution in [2.45, 2.75) is 43.8 Å². The average Bonchev–Trinajstić information content (AvgIpc) is 2.56. The summed E-state index contributed by atoms with van der Waals surface area (Å²) in [5.74, 6) is 0.342. The van der Waals surface area contributed by atoms with Crippen LogP contribution in [0.5, 0.6) is 0 Å². The highest BCUT2D eigenvalue weighted by molar-refractivity contribution is 7.92. The van der Waals surface area contributed by atoms with E-state index in [9.17, 15) is 8.42 Å². The van der Waals surface area contributed by atoms with E-state index in [1.165, 1.54) is 0 Å². The molecule has 1 saturated carbocycles. The smallest absolute Gasteiger partial charge is 0.153 e. The fraction of sp³-hybridized carbons (Fsp3) is 1.00. The third-order valence-electron chi connectivity index (χ3n) is 2.69. The molecule has 0 atom stereocenters. The number of sulfone groups is 1. The van der Waals surface area contributed by atoms with Crippen LogP contribution in [0.2, 0.25) is 0 Å². The molecule has 2 N–H and O–H groups in total. The van der Waals surface area contributed by atoms with Crippen molar-refractivity contribution in [2.24, 2.45) is 5.73 Å². The molecule has 4 heteroatoms. The van der Waals surface area contributed by atoms with Gasteiger partial charge in [0.15, 0.2) is 9.84 Å². The molecule has 1 aliphatic carbocycles. The molecule has 78 valence electrons. The van der Waals surface area contributed by atoms with Crippen LogP contribution in [0.25, 0.3) is 0 Å². The molecule has 0 amide bonds. The van der Waals surface area contributed by atoms with E-state index in [-0.39, 0.29) is 5.25 Å². The predicted octanol–water partition coefficient (Wildman–Crippen LogP) is 1.08. The van der Waals surface area contributed by atoms with E-state index in [1.54, 1.807) is 0 Å². The molecule has 0 unspecified atom stereocenters. The van der Waals surface area contributed by atoms with Gasteiger partial charge in [-0.25, -0.2) is 8.42 Å². The Morgan fingerprint density at radius 3 is 2.31 bits per heavy atom. The topological polar surface area (TPSA) is 60.2 Å². The van der Waals surface area contributed by atoms with Gasteiger partial charge in [-0.3, -0.25) is 0 Å². The van der Waals surface area contributed by atoms with Crippen molar-refractivity contribution in [2.75, 3.05) is 12.3 Å². The van der Waals surface area contributed by atoms with Gasteiger partial charge in [-0.1, -0.05) is 12.8 Å². The molecule has 13 heavy (non-hydrogen) atoms. The van der Waals surface area contributed by atoms with Crippen molar-refractivity contribution < 1.29 is 8.42 Å². The Balaban J connectivity index is 2.36. The van der Waals surface area contributed by atoms with Gasteiger partial charge in [-0.2, -0.15) is 0 Å². The van der Waals surface area contributed by atoms with E-state index in [2.05, 4.69) is 0 Å². The molecule has 0 bridgehead atoms. The molecular weight excluding hydrogens is 186 g/mol. The van der Waals surface area contributed by atoms with E-state index in [4.69, 9.17) is 5.73 Å². The first-order valence-electron chi connectivity index (χ1n) is 5.08. The molecule has 0 saturated heterocycles. The third kappa shape index (κ3) is 3.27.